The van der Waals surface area contributed by atoms with Crippen molar-refractivity contribution in [3.8, 4) is 16.3 Å². The smallest absolute Gasteiger partial charge is 0.275 e. The van der Waals surface area contributed by atoms with E-state index in [-0.39, 0.29) is 11.4 Å². The van der Waals surface area contributed by atoms with Crippen LogP contribution in [-0.4, -0.2) is 22.9 Å². The molecule has 0 radical (unpaired) electrons. The molecule has 0 unspecified atom stereocenters. The molecule has 1 N–H and O–H groups in total. The van der Waals surface area contributed by atoms with Crippen LogP contribution in [0.2, 0.25) is 0 Å². The number of anilines is 1. The number of aromatic nitrogens is 1. The van der Waals surface area contributed by atoms with E-state index in [0.29, 0.717) is 16.4 Å². The van der Waals surface area contributed by atoms with Crippen molar-refractivity contribution in [2.45, 2.75) is 6.92 Å². The van der Waals surface area contributed by atoms with Crippen molar-refractivity contribution < 1.29 is 14.5 Å². The highest BCUT2D eigenvalue weighted by atomic mass is 32.1. The molecule has 1 aromatic heterocycles. The van der Waals surface area contributed by atoms with Gasteiger partial charge in [-0.1, -0.05) is 18.2 Å². The molecule has 0 spiro atoms. The minimum atomic E-state index is -0.502. The van der Waals surface area contributed by atoms with Crippen molar-refractivity contribution >= 4 is 28.6 Å². The van der Waals surface area contributed by atoms with E-state index < -0.39 is 10.8 Å². The van der Waals surface area contributed by atoms with Crippen LogP contribution in [-0.2, 0) is 0 Å². The summed E-state index contributed by atoms with van der Waals surface area (Å²) in [6, 6.07) is 11.7. The SMILES string of the molecule is COc1ccccc1-c1nc(C(=O)Nc2cc([N+](=O)[O-])ccc2C)cs1. The average Bonchev–Trinajstić information content (AvgIpc) is 3.13. The summed E-state index contributed by atoms with van der Waals surface area (Å²) in [6.07, 6.45) is 0. The third kappa shape index (κ3) is 3.55. The Labute approximate surface area is 153 Å². The number of nitro groups is 1. The number of ether oxygens (including phenoxy) is 1. The third-order valence-corrected chi connectivity index (χ3v) is 4.63. The van der Waals surface area contributed by atoms with Crippen LogP contribution in [0.1, 0.15) is 16.1 Å². The van der Waals surface area contributed by atoms with Crippen LogP contribution < -0.4 is 10.1 Å². The summed E-state index contributed by atoms with van der Waals surface area (Å²) in [5, 5.41) is 15.9. The van der Waals surface area contributed by atoms with Crippen molar-refractivity contribution in [3.63, 3.8) is 0 Å². The second-order valence-corrected chi connectivity index (χ2v) is 6.31. The molecule has 3 aromatic rings. The Hall–Kier alpha value is -3.26. The van der Waals surface area contributed by atoms with Gasteiger partial charge >= 0.3 is 0 Å². The molecule has 3 rings (SSSR count). The molecule has 0 fully saturated rings. The van der Waals surface area contributed by atoms with Gasteiger partial charge in [0.15, 0.2) is 0 Å². The number of carbonyl (C=O) groups excluding carboxylic acids is 1. The number of hydrogen-bond acceptors (Lipinski definition) is 6. The molecule has 132 valence electrons. The van der Waals surface area contributed by atoms with E-state index in [2.05, 4.69) is 10.3 Å². The standard InChI is InChI=1S/C18H15N3O4S/c1-11-7-8-12(21(23)24)9-14(11)19-17(22)15-10-26-18(20-15)13-5-3-4-6-16(13)25-2/h3-10H,1-2H3,(H,19,22). The molecule has 1 heterocycles. The number of non-ortho nitro benzene ring substituents is 1. The predicted octanol–water partition coefficient (Wildman–Crippen LogP) is 4.29. The first kappa shape index (κ1) is 17.6. The number of methoxy groups -OCH3 is 1. The maximum atomic E-state index is 12.5. The van der Waals surface area contributed by atoms with Crippen LogP contribution in [0.4, 0.5) is 11.4 Å². The zero-order chi connectivity index (χ0) is 18.7. The van der Waals surface area contributed by atoms with Crippen LogP contribution in [0.5, 0.6) is 5.75 Å². The number of nitro benzene ring substituents is 1. The van der Waals surface area contributed by atoms with Crippen molar-refractivity contribution in [1.82, 2.24) is 4.98 Å². The van der Waals surface area contributed by atoms with E-state index in [1.807, 2.05) is 24.3 Å². The topological polar surface area (TPSA) is 94.4 Å². The summed E-state index contributed by atoms with van der Waals surface area (Å²) < 4.78 is 5.32. The van der Waals surface area contributed by atoms with E-state index in [1.165, 1.54) is 23.5 Å². The second kappa shape index (κ2) is 7.32. The van der Waals surface area contributed by atoms with Crippen molar-refractivity contribution in [1.29, 1.82) is 0 Å². The van der Waals surface area contributed by atoms with Crippen LogP contribution in [0.15, 0.2) is 47.8 Å². The van der Waals surface area contributed by atoms with Gasteiger partial charge in [0.2, 0.25) is 0 Å². The molecule has 0 aliphatic rings. The van der Waals surface area contributed by atoms with Gasteiger partial charge in [0.1, 0.15) is 16.5 Å². The summed E-state index contributed by atoms with van der Waals surface area (Å²) in [5.74, 6) is 0.245. The first-order chi connectivity index (χ1) is 12.5. The van der Waals surface area contributed by atoms with Gasteiger partial charge in [0.25, 0.3) is 11.6 Å². The molecule has 0 saturated carbocycles. The highest BCUT2D eigenvalue weighted by Gasteiger charge is 2.16. The Morgan fingerprint density at radius 1 is 1.27 bits per heavy atom. The summed E-state index contributed by atoms with van der Waals surface area (Å²) in [6.45, 7) is 1.76. The van der Waals surface area contributed by atoms with Gasteiger partial charge < -0.3 is 10.1 Å². The van der Waals surface area contributed by atoms with E-state index >= 15 is 0 Å². The van der Waals surface area contributed by atoms with Gasteiger partial charge in [-0.15, -0.1) is 11.3 Å². The fraction of sp³-hybridized carbons (Fsp3) is 0.111. The molecule has 2 aromatic carbocycles. The Bertz CT molecular complexity index is 984. The summed E-state index contributed by atoms with van der Waals surface area (Å²) in [7, 11) is 1.57. The van der Waals surface area contributed by atoms with Crippen molar-refractivity contribution in [2.24, 2.45) is 0 Å². The van der Waals surface area contributed by atoms with Crippen LogP contribution in [0.25, 0.3) is 10.6 Å². The Balaban J connectivity index is 1.85. The zero-order valence-electron chi connectivity index (χ0n) is 14.1. The molecule has 0 aliphatic heterocycles. The lowest BCUT2D eigenvalue weighted by Crippen LogP contribution is -2.13. The number of rotatable bonds is 5. The first-order valence-corrected chi connectivity index (χ1v) is 8.53. The molecule has 26 heavy (non-hydrogen) atoms. The van der Waals surface area contributed by atoms with Gasteiger partial charge in [-0.3, -0.25) is 14.9 Å². The van der Waals surface area contributed by atoms with E-state index in [0.717, 1.165) is 11.1 Å². The number of nitrogens with one attached hydrogen (secondary N) is 1. The fourth-order valence-corrected chi connectivity index (χ4v) is 3.20. The lowest BCUT2D eigenvalue weighted by molar-refractivity contribution is -0.384. The average molecular weight is 369 g/mol. The normalized spacial score (nSPS) is 10.4. The number of hydrogen-bond donors (Lipinski definition) is 1. The summed E-state index contributed by atoms with van der Waals surface area (Å²) in [5.41, 5.74) is 2.06. The highest BCUT2D eigenvalue weighted by molar-refractivity contribution is 7.13. The number of nitrogens with zero attached hydrogens (tertiary/aromatic N) is 2. The number of benzene rings is 2. The number of thiazole rings is 1. The zero-order valence-corrected chi connectivity index (χ0v) is 14.9. The van der Waals surface area contributed by atoms with Gasteiger partial charge in [-0.25, -0.2) is 4.98 Å². The second-order valence-electron chi connectivity index (χ2n) is 5.45. The number of aryl methyl sites for hydroxylation is 1. The lowest BCUT2D eigenvalue weighted by atomic mass is 10.2. The maximum Gasteiger partial charge on any atom is 0.275 e. The fourth-order valence-electron chi connectivity index (χ4n) is 2.37. The molecule has 1 amide bonds. The molecule has 0 saturated heterocycles. The maximum absolute atomic E-state index is 12.5. The number of para-hydroxylation sites is 1. The predicted molar refractivity (Wildman–Crippen MR) is 99.9 cm³/mol. The molecule has 0 bridgehead atoms. The van der Waals surface area contributed by atoms with E-state index in [9.17, 15) is 14.9 Å². The Morgan fingerprint density at radius 3 is 2.77 bits per heavy atom. The minimum absolute atomic E-state index is 0.0844. The van der Waals surface area contributed by atoms with Gasteiger partial charge in [-0.2, -0.15) is 0 Å². The number of carbonyl (C=O) groups is 1. The monoisotopic (exact) mass is 369 g/mol. The van der Waals surface area contributed by atoms with Gasteiger partial charge in [0.05, 0.1) is 23.3 Å². The minimum Gasteiger partial charge on any atom is -0.496 e. The molecule has 8 heteroatoms. The lowest BCUT2D eigenvalue weighted by Gasteiger charge is -2.07. The largest absolute Gasteiger partial charge is 0.496 e. The van der Waals surface area contributed by atoms with Crippen molar-refractivity contribution in [3.05, 3.63) is 69.2 Å². The summed E-state index contributed by atoms with van der Waals surface area (Å²) >= 11 is 1.32. The van der Waals surface area contributed by atoms with E-state index in [1.54, 1.807) is 25.5 Å². The molecular formula is C18H15N3O4S. The van der Waals surface area contributed by atoms with Crippen LogP contribution in [0.3, 0.4) is 0 Å². The quantitative estimate of drug-likeness (QED) is 0.535. The molecular weight excluding hydrogens is 354 g/mol. The third-order valence-electron chi connectivity index (χ3n) is 3.75. The van der Waals surface area contributed by atoms with Gasteiger partial charge in [-0.05, 0) is 24.6 Å². The highest BCUT2D eigenvalue weighted by Crippen LogP contribution is 2.32. The first-order valence-electron chi connectivity index (χ1n) is 7.65. The Morgan fingerprint density at radius 2 is 2.04 bits per heavy atom. The molecule has 0 aliphatic carbocycles. The number of amides is 1. The van der Waals surface area contributed by atoms with Crippen molar-refractivity contribution in [2.75, 3.05) is 12.4 Å². The van der Waals surface area contributed by atoms with Crippen LogP contribution in [0, 0.1) is 17.0 Å². The Kier molecular flexibility index (Phi) is 4.94. The molecule has 7 nitrogen and oxygen atoms in total. The molecule has 0 atom stereocenters. The van der Waals surface area contributed by atoms with E-state index in [4.69, 9.17) is 4.74 Å². The van der Waals surface area contributed by atoms with Gasteiger partial charge in [0, 0.05) is 17.5 Å². The van der Waals surface area contributed by atoms with Crippen LogP contribution >= 0.6 is 11.3 Å². The summed E-state index contributed by atoms with van der Waals surface area (Å²) in [4.78, 5) is 27.3.